The normalized spacial score (nSPS) is 15.7. The van der Waals surface area contributed by atoms with E-state index in [0.717, 1.165) is 25.3 Å². The number of nitrogens with zero attached hydrogens (tertiary/aromatic N) is 1. The van der Waals surface area contributed by atoms with Crippen LogP contribution in [0.1, 0.15) is 12.8 Å². The summed E-state index contributed by atoms with van der Waals surface area (Å²) in [5.74, 6) is 1.27. The average Bonchev–Trinajstić information content (AvgIpc) is 2.45. The van der Waals surface area contributed by atoms with Gasteiger partial charge in [-0.15, -0.1) is 11.8 Å². The number of ether oxygens (including phenoxy) is 1. The molecule has 0 atom stereocenters. The summed E-state index contributed by atoms with van der Waals surface area (Å²) in [6.45, 7) is 2.88. The molecule has 18 heavy (non-hydrogen) atoms. The van der Waals surface area contributed by atoms with Crippen molar-refractivity contribution in [1.82, 2.24) is 4.90 Å². The first-order valence-corrected chi connectivity index (χ1v) is 7.38. The maximum atomic E-state index is 11.9. The van der Waals surface area contributed by atoms with Crippen LogP contribution in [-0.2, 0) is 9.53 Å². The molecule has 0 bridgehead atoms. The number of amides is 1. The van der Waals surface area contributed by atoms with Crippen molar-refractivity contribution in [3.63, 3.8) is 0 Å². The van der Waals surface area contributed by atoms with Crippen LogP contribution in [0.5, 0.6) is 0 Å². The summed E-state index contributed by atoms with van der Waals surface area (Å²) in [5.41, 5.74) is 0. The highest BCUT2D eigenvalue weighted by atomic mass is 32.2. The zero-order valence-electron chi connectivity index (χ0n) is 10.5. The van der Waals surface area contributed by atoms with E-state index in [1.807, 2.05) is 34.9 Å². The van der Waals surface area contributed by atoms with Crippen LogP contribution in [-0.4, -0.2) is 42.9 Å². The van der Waals surface area contributed by atoms with Gasteiger partial charge in [0, 0.05) is 24.4 Å². The van der Waals surface area contributed by atoms with Crippen molar-refractivity contribution in [2.45, 2.75) is 17.7 Å². The van der Waals surface area contributed by atoms with Gasteiger partial charge in [-0.2, -0.15) is 0 Å². The Morgan fingerprint density at radius 1 is 1.22 bits per heavy atom. The molecule has 0 spiro atoms. The number of thioether (sulfide) groups is 1. The number of morpholine rings is 1. The fourth-order valence-corrected chi connectivity index (χ4v) is 2.77. The van der Waals surface area contributed by atoms with Crippen molar-refractivity contribution in [3.8, 4) is 0 Å². The van der Waals surface area contributed by atoms with Gasteiger partial charge in [-0.1, -0.05) is 18.2 Å². The zero-order valence-corrected chi connectivity index (χ0v) is 11.3. The number of hydrogen-bond donors (Lipinski definition) is 0. The summed E-state index contributed by atoms with van der Waals surface area (Å²) < 4.78 is 5.24. The van der Waals surface area contributed by atoms with E-state index in [2.05, 4.69) is 12.1 Å². The van der Waals surface area contributed by atoms with E-state index in [0.29, 0.717) is 19.6 Å². The topological polar surface area (TPSA) is 29.5 Å². The summed E-state index contributed by atoms with van der Waals surface area (Å²) in [6.07, 6.45) is 1.59. The molecule has 1 fully saturated rings. The smallest absolute Gasteiger partial charge is 0.222 e. The minimum Gasteiger partial charge on any atom is -0.378 e. The summed E-state index contributed by atoms with van der Waals surface area (Å²) in [7, 11) is 0. The van der Waals surface area contributed by atoms with E-state index in [1.54, 1.807) is 0 Å². The first kappa shape index (κ1) is 13.4. The van der Waals surface area contributed by atoms with Gasteiger partial charge in [0.25, 0.3) is 0 Å². The van der Waals surface area contributed by atoms with Gasteiger partial charge in [0.2, 0.25) is 5.91 Å². The molecule has 2 rings (SSSR count). The molecule has 0 aromatic heterocycles. The number of rotatable bonds is 5. The largest absolute Gasteiger partial charge is 0.378 e. The maximum Gasteiger partial charge on any atom is 0.222 e. The fraction of sp³-hybridized carbons (Fsp3) is 0.500. The van der Waals surface area contributed by atoms with Crippen LogP contribution >= 0.6 is 11.8 Å². The van der Waals surface area contributed by atoms with Crippen molar-refractivity contribution in [2.75, 3.05) is 32.1 Å². The minimum absolute atomic E-state index is 0.270. The van der Waals surface area contributed by atoms with Gasteiger partial charge in [-0.3, -0.25) is 4.79 Å². The number of hydrogen-bond acceptors (Lipinski definition) is 3. The molecule has 1 aliphatic rings. The van der Waals surface area contributed by atoms with Gasteiger partial charge in [-0.25, -0.2) is 0 Å². The SMILES string of the molecule is O=C(CCCSc1ccccc1)N1CCOCC1. The highest BCUT2D eigenvalue weighted by Gasteiger charge is 2.15. The molecular formula is C14H19NO2S. The van der Waals surface area contributed by atoms with Crippen LogP contribution in [0.4, 0.5) is 0 Å². The van der Waals surface area contributed by atoms with Gasteiger partial charge < -0.3 is 9.64 Å². The Bertz CT molecular complexity index is 363. The molecule has 0 radical (unpaired) electrons. The standard InChI is InChI=1S/C14H19NO2S/c16-14(15-8-10-17-11-9-15)7-4-12-18-13-5-2-1-3-6-13/h1-3,5-6H,4,7-12H2. The quantitative estimate of drug-likeness (QED) is 0.605. The lowest BCUT2D eigenvalue weighted by Crippen LogP contribution is -2.40. The molecule has 3 nitrogen and oxygen atoms in total. The predicted octanol–water partition coefficient (Wildman–Crippen LogP) is 2.42. The molecule has 0 N–H and O–H groups in total. The van der Waals surface area contributed by atoms with E-state index in [9.17, 15) is 4.79 Å². The van der Waals surface area contributed by atoms with Crippen LogP contribution in [0.3, 0.4) is 0 Å². The lowest BCUT2D eigenvalue weighted by atomic mass is 10.3. The van der Waals surface area contributed by atoms with Gasteiger partial charge >= 0.3 is 0 Å². The molecule has 0 saturated carbocycles. The molecule has 1 aromatic carbocycles. The van der Waals surface area contributed by atoms with Crippen LogP contribution in [0.2, 0.25) is 0 Å². The van der Waals surface area contributed by atoms with Crippen molar-refractivity contribution in [2.24, 2.45) is 0 Å². The molecule has 1 saturated heterocycles. The Morgan fingerprint density at radius 2 is 1.94 bits per heavy atom. The highest BCUT2D eigenvalue weighted by molar-refractivity contribution is 7.99. The molecule has 1 amide bonds. The predicted molar refractivity (Wildman–Crippen MR) is 73.8 cm³/mol. The third kappa shape index (κ3) is 4.35. The van der Waals surface area contributed by atoms with E-state index < -0.39 is 0 Å². The lowest BCUT2D eigenvalue weighted by molar-refractivity contribution is -0.135. The van der Waals surface area contributed by atoms with Crippen LogP contribution in [0.25, 0.3) is 0 Å². The Morgan fingerprint density at radius 3 is 2.67 bits per heavy atom. The van der Waals surface area contributed by atoms with Gasteiger partial charge in [0.15, 0.2) is 0 Å². The molecule has 0 aliphatic carbocycles. The van der Waals surface area contributed by atoms with Crippen LogP contribution < -0.4 is 0 Å². The highest BCUT2D eigenvalue weighted by Crippen LogP contribution is 2.18. The Labute approximate surface area is 113 Å². The number of carbonyl (C=O) groups is 1. The summed E-state index contributed by atoms with van der Waals surface area (Å²) >= 11 is 1.81. The molecule has 98 valence electrons. The molecule has 0 unspecified atom stereocenters. The average molecular weight is 265 g/mol. The second kappa shape index (κ2) is 7.44. The Kier molecular flexibility index (Phi) is 5.55. The summed E-state index contributed by atoms with van der Waals surface area (Å²) in [6, 6.07) is 10.3. The zero-order chi connectivity index (χ0) is 12.6. The van der Waals surface area contributed by atoms with Gasteiger partial charge in [0.05, 0.1) is 13.2 Å². The van der Waals surface area contributed by atoms with E-state index in [1.165, 1.54) is 4.90 Å². The molecule has 1 aromatic rings. The van der Waals surface area contributed by atoms with E-state index in [4.69, 9.17) is 4.74 Å². The monoisotopic (exact) mass is 265 g/mol. The van der Waals surface area contributed by atoms with Crippen LogP contribution in [0.15, 0.2) is 35.2 Å². The third-order valence-electron chi connectivity index (χ3n) is 2.91. The Balaban J connectivity index is 1.61. The minimum atomic E-state index is 0.270. The molecule has 1 aliphatic heterocycles. The lowest BCUT2D eigenvalue weighted by Gasteiger charge is -2.26. The molecular weight excluding hydrogens is 246 g/mol. The van der Waals surface area contributed by atoms with Crippen LogP contribution in [0, 0.1) is 0 Å². The maximum absolute atomic E-state index is 11.9. The van der Waals surface area contributed by atoms with E-state index in [-0.39, 0.29) is 5.91 Å². The molecule has 1 heterocycles. The summed E-state index contributed by atoms with van der Waals surface area (Å²) in [5, 5.41) is 0. The Hall–Kier alpha value is -1.00. The second-order valence-corrected chi connectivity index (χ2v) is 5.43. The fourth-order valence-electron chi connectivity index (χ4n) is 1.90. The first-order valence-electron chi connectivity index (χ1n) is 6.39. The van der Waals surface area contributed by atoms with E-state index >= 15 is 0 Å². The van der Waals surface area contributed by atoms with Crippen molar-refractivity contribution in [1.29, 1.82) is 0 Å². The number of benzene rings is 1. The van der Waals surface area contributed by atoms with Crippen molar-refractivity contribution in [3.05, 3.63) is 30.3 Å². The van der Waals surface area contributed by atoms with Crippen molar-refractivity contribution >= 4 is 17.7 Å². The van der Waals surface area contributed by atoms with Crippen molar-refractivity contribution < 1.29 is 9.53 Å². The molecule has 4 heteroatoms. The van der Waals surface area contributed by atoms with Gasteiger partial charge in [-0.05, 0) is 24.3 Å². The third-order valence-corrected chi connectivity index (χ3v) is 4.01. The second-order valence-electron chi connectivity index (χ2n) is 4.26. The summed E-state index contributed by atoms with van der Waals surface area (Å²) in [4.78, 5) is 15.1. The first-order chi connectivity index (χ1) is 8.86. The number of carbonyl (C=O) groups excluding carboxylic acids is 1. The van der Waals surface area contributed by atoms with Gasteiger partial charge in [0.1, 0.15) is 0 Å².